The summed E-state index contributed by atoms with van der Waals surface area (Å²) in [6.45, 7) is 4.82. The summed E-state index contributed by atoms with van der Waals surface area (Å²) in [5.74, 6) is 2.48. The van der Waals surface area contributed by atoms with Crippen LogP contribution < -0.4 is 24.3 Å². The number of methoxy groups -OCH3 is 2. The number of hydrogen-bond donors (Lipinski definition) is 2. The molecule has 162 valence electrons. The second kappa shape index (κ2) is 8.59. The highest BCUT2D eigenvalue weighted by atomic mass is 16.6. The molecule has 2 N–H and O–H groups in total. The molecule has 1 aliphatic heterocycles. The summed E-state index contributed by atoms with van der Waals surface area (Å²) in [5.41, 5.74) is 3.41. The van der Waals surface area contributed by atoms with Crippen molar-refractivity contribution in [3.8, 4) is 34.3 Å². The Morgan fingerprint density at radius 2 is 1.87 bits per heavy atom. The monoisotopic (exact) mass is 423 g/mol. The predicted octanol–water partition coefficient (Wildman–Crippen LogP) is 3.66. The van der Waals surface area contributed by atoms with Gasteiger partial charge in [-0.15, -0.1) is 0 Å². The fraction of sp³-hybridized carbons (Fsp3) is 0.304. The number of aromatic amines is 1. The average Bonchev–Trinajstić information content (AvgIpc) is 3.19. The summed E-state index contributed by atoms with van der Waals surface area (Å²) in [4.78, 5) is 13.0. The molecule has 0 bridgehead atoms. The Kier molecular flexibility index (Phi) is 5.70. The molecule has 31 heavy (non-hydrogen) atoms. The molecule has 0 radical (unpaired) electrons. The van der Waals surface area contributed by atoms with Gasteiger partial charge in [-0.25, -0.2) is 0 Å². The number of rotatable bonds is 6. The minimum Gasteiger partial charge on any atom is -0.497 e. The van der Waals surface area contributed by atoms with E-state index >= 15 is 0 Å². The van der Waals surface area contributed by atoms with Crippen LogP contribution in [0.25, 0.3) is 11.3 Å². The smallest absolute Gasteiger partial charge is 0.270 e. The molecular formula is C23H25N3O5. The third kappa shape index (κ3) is 4.01. The molecular weight excluding hydrogens is 398 g/mol. The van der Waals surface area contributed by atoms with Crippen molar-refractivity contribution in [1.82, 2.24) is 15.5 Å². The van der Waals surface area contributed by atoms with Crippen molar-refractivity contribution < 1.29 is 23.7 Å². The lowest BCUT2D eigenvalue weighted by Crippen LogP contribution is -2.27. The average molecular weight is 423 g/mol. The molecule has 0 aliphatic carbocycles. The highest BCUT2D eigenvalue weighted by Gasteiger charge is 2.22. The molecule has 0 saturated heterocycles. The standard InChI is InChI=1S/C23H25N3O5/c1-13-21(17-12-16(28-3)6-8-18(17)29-4)25-26-22(13)23(27)24-14(2)15-5-7-19-20(11-15)31-10-9-30-19/h5-8,11-12,14H,9-10H2,1-4H3,(H,24,27)(H,25,26)/t14-/m0/s1. The SMILES string of the molecule is COc1ccc(OC)c(-c2n[nH]c(C(=O)N[C@@H](C)c3ccc4c(c3)OCCO4)c2C)c1. The highest BCUT2D eigenvalue weighted by Crippen LogP contribution is 2.35. The van der Waals surface area contributed by atoms with E-state index in [9.17, 15) is 4.79 Å². The van der Waals surface area contributed by atoms with E-state index in [4.69, 9.17) is 18.9 Å². The molecule has 1 aliphatic rings. The van der Waals surface area contributed by atoms with Crippen molar-refractivity contribution in [2.24, 2.45) is 0 Å². The molecule has 0 spiro atoms. The van der Waals surface area contributed by atoms with Gasteiger partial charge >= 0.3 is 0 Å². The Morgan fingerprint density at radius 1 is 1.10 bits per heavy atom. The van der Waals surface area contributed by atoms with Crippen molar-refractivity contribution in [3.63, 3.8) is 0 Å². The van der Waals surface area contributed by atoms with Crippen LogP contribution in [-0.4, -0.2) is 43.5 Å². The fourth-order valence-electron chi connectivity index (χ4n) is 3.56. The second-order valence-electron chi connectivity index (χ2n) is 7.24. The van der Waals surface area contributed by atoms with Crippen LogP contribution in [0.1, 0.15) is 34.6 Å². The van der Waals surface area contributed by atoms with Crippen molar-refractivity contribution >= 4 is 5.91 Å². The van der Waals surface area contributed by atoms with E-state index in [1.54, 1.807) is 14.2 Å². The number of H-pyrrole nitrogens is 1. The number of benzene rings is 2. The number of amides is 1. The third-order valence-corrected chi connectivity index (χ3v) is 5.31. The maximum atomic E-state index is 13.0. The molecule has 4 rings (SSSR count). The number of nitrogens with one attached hydrogen (secondary N) is 2. The van der Waals surface area contributed by atoms with Crippen LogP contribution in [-0.2, 0) is 0 Å². The van der Waals surface area contributed by atoms with E-state index in [1.165, 1.54) is 0 Å². The van der Waals surface area contributed by atoms with E-state index < -0.39 is 0 Å². The first-order valence-corrected chi connectivity index (χ1v) is 9.99. The highest BCUT2D eigenvalue weighted by molar-refractivity contribution is 5.96. The first-order chi connectivity index (χ1) is 15.0. The number of carbonyl (C=O) groups is 1. The van der Waals surface area contributed by atoms with Crippen LogP contribution in [0.3, 0.4) is 0 Å². The number of hydrogen-bond acceptors (Lipinski definition) is 6. The van der Waals surface area contributed by atoms with Gasteiger partial charge in [-0.2, -0.15) is 5.10 Å². The van der Waals surface area contributed by atoms with Crippen LogP contribution >= 0.6 is 0 Å². The summed E-state index contributed by atoms with van der Waals surface area (Å²) in [6.07, 6.45) is 0. The lowest BCUT2D eigenvalue weighted by Gasteiger charge is -2.21. The van der Waals surface area contributed by atoms with Crippen molar-refractivity contribution in [3.05, 3.63) is 53.2 Å². The molecule has 2 heterocycles. The molecule has 0 fully saturated rings. The van der Waals surface area contributed by atoms with Crippen LogP contribution in [0.2, 0.25) is 0 Å². The molecule has 0 unspecified atom stereocenters. The molecule has 0 saturated carbocycles. The summed E-state index contributed by atoms with van der Waals surface area (Å²) in [5, 5.41) is 10.2. The first kappa shape index (κ1) is 20.6. The van der Waals surface area contributed by atoms with E-state index in [1.807, 2.05) is 50.2 Å². The van der Waals surface area contributed by atoms with Crippen LogP contribution in [0.4, 0.5) is 0 Å². The van der Waals surface area contributed by atoms with Crippen LogP contribution in [0, 0.1) is 6.92 Å². The molecule has 2 aromatic carbocycles. The van der Waals surface area contributed by atoms with Crippen LogP contribution in [0.15, 0.2) is 36.4 Å². The zero-order valence-electron chi connectivity index (χ0n) is 17.9. The van der Waals surface area contributed by atoms with Gasteiger partial charge in [-0.1, -0.05) is 6.07 Å². The zero-order valence-corrected chi connectivity index (χ0v) is 17.9. The van der Waals surface area contributed by atoms with Gasteiger partial charge in [0.2, 0.25) is 0 Å². The lowest BCUT2D eigenvalue weighted by molar-refractivity contribution is 0.0934. The Bertz CT molecular complexity index is 1110. The molecule has 3 aromatic rings. The van der Waals surface area contributed by atoms with Crippen LogP contribution in [0.5, 0.6) is 23.0 Å². The van der Waals surface area contributed by atoms with Gasteiger partial charge in [0.25, 0.3) is 5.91 Å². The van der Waals surface area contributed by atoms with Gasteiger partial charge in [0.1, 0.15) is 30.4 Å². The Hall–Kier alpha value is -3.68. The van der Waals surface area contributed by atoms with Gasteiger partial charge in [-0.3, -0.25) is 9.89 Å². The van der Waals surface area contributed by atoms with Crippen molar-refractivity contribution in [1.29, 1.82) is 0 Å². The minimum atomic E-state index is -0.250. The predicted molar refractivity (Wildman–Crippen MR) is 115 cm³/mol. The lowest BCUT2D eigenvalue weighted by atomic mass is 10.0. The Labute approximate surface area is 180 Å². The second-order valence-corrected chi connectivity index (χ2v) is 7.24. The molecule has 1 amide bonds. The van der Waals surface area contributed by atoms with Gasteiger partial charge < -0.3 is 24.3 Å². The summed E-state index contributed by atoms with van der Waals surface area (Å²) < 4.78 is 22.0. The van der Waals surface area contributed by atoms with Gasteiger partial charge in [-0.05, 0) is 49.7 Å². The number of ether oxygens (including phenoxy) is 4. The normalized spacial score (nSPS) is 13.4. The zero-order chi connectivity index (χ0) is 22.0. The van der Waals surface area contributed by atoms with E-state index in [0.717, 1.165) is 22.4 Å². The largest absolute Gasteiger partial charge is 0.497 e. The van der Waals surface area contributed by atoms with E-state index in [2.05, 4.69) is 15.5 Å². The first-order valence-electron chi connectivity index (χ1n) is 9.99. The summed E-state index contributed by atoms with van der Waals surface area (Å²) in [7, 11) is 3.19. The summed E-state index contributed by atoms with van der Waals surface area (Å²) >= 11 is 0. The minimum absolute atomic E-state index is 0.235. The topological polar surface area (TPSA) is 94.7 Å². The molecule has 8 nitrogen and oxygen atoms in total. The maximum Gasteiger partial charge on any atom is 0.270 e. The van der Waals surface area contributed by atoms with Crippen molar-refractivity contribution in [2.75, 3.05) is 27.4 Å². The quantitative estimate of drug-likeness (QED) is 0.628. The van der Waals surface area contributed by atoms with E-state index in [0.29, 0.717) is 41.9 Å². The van der Waals surface area contributed by atoms with E-state index in [-0.39, 0.29) is 11.9 Å². The molecule has 8 heteroatoms. The van der Waals surface area contributed by atoms with Crippen molar-refractivity contribution in [2.45, 2.75) is 19.9 Å². The van der Waals surface area contributed by atoms with Gasteiger partial charge in [0.05, 0.1) is 26.0 Å². The molecule has 1 atom stereocenters. The number of fused-ring (bicyclic) bond motifs is 1. The van der Waals surface area contributed by atoms with Gasteiger partial charge in [0.15, 0.2) is 11.5 Å². The Morgan fingerprint density at radius 3 is 2.61 bits per heavy atom. The summed E-state index contributed by atoms with van der Waals surface area (Å²) in [6, 6.07) is 10.9. The number of carbonyl (C=O) groups excluding carboxylic acids is 1. The fourth-order valence-corrected chi connectivity index (χ4v) is 3.56. The third-order valence-electron chi connectivity index (χ3n) is 5.31. The molecule has 1 aromatic heterocycles. The van der Waals surface area contributed by atoms with Gasteiger partial charge in [0, 0.05) is 11.1 Å². The number of nitrogens with zero attached hydrogens (tertiary/aromatic N) is 1. The number of aromatic nitrogens is 2. The Balaban J connectivity index is 1.56. The maximum absolute atomic E-state index is 13.0.